The number of anilines is 2. The monoisotopic (exact) mass is 477 g/mol. The SMILES string of the molecule is COc1cc(NC(=O)C(C)Sc2nnc(N3CCOCC3)n2CC2CCCO2)cc(OC)c1. The molecule has 2 aliphatic heterocycles. The molecule has 1 N–H and O–H groups in total. The third-order valence-electron chi connectivity index (χ3n) is 5.67. The molecule has 0 aliphatic carbocycles. The van der Waals surface area contributed by atoms with E-state index in [-0.39, 0.29) is 12.0 Å². The Bertz CT molecular complexity index is 921. The molecule has 2 fully saturated rings. The number of hydrogen-bond acceptors (Lipinski definition) is 9. The van der Waals surface area contributed by atoms with Crippen LogP contribution in [0.1, 0.15) is 19.8 Å². The van der Waals surface area contributed by atoms with Crippen LogP contribution >= 0.6 is 11.8 Å². The van der Waals surface area contributed by atoms with Gasteiger partial charge in [-0.15, -0.1) is 10.2 Å². The minimum absolute atomic E-state index is 0.133. The molecule has 4 rings (SSSR count). The molecular formula is C22H31N5O5S. The Morgan fingerprint density at radius 3 is 2.55 bits per heavy atom. The van der Waals surface area contributed by atoms with Gasteiger partial charge in [0.05, 0.1) is 45.3 Å². The van der Waals surface area contributed by atoms with E-state index >= 15 is 0 Å². The van der Waals surface area contributed by atoms with Gasteiger partial charge in [0.1, 0.15) is 11.5 Å². The van der Waals surface area contributed by atoms with E-state index in [9.17, 15) is 4.79 Å². The van der Waals surface area contributed by atoms with E-state index < -0.39 is 5.25 Å². The van der Waals surface area contributed by atoms with Crippen molar-refractivity contribution in [3.8, 4) is 11.5 Å². The zero-order valence-electron chi connectivity index (χ0n) is 19.3. The van der Waals surface area contributed by atoms with Crippen LogP contribution in [0.2, 0.25) is 0 Å². The molecule has 1 amide bonds. The Morgan fingerprint density at radius 1 is 1.18 bits per heavy atom. The lowest BCUT2D eigenvalue weighted by Crippen LogP contribution is -2.38. The largest absolute Gasteiger partial charge is 0.497 e. The maximum atomic E-state index is 13.0. The lowest BCUT2D eigenvalue weighted by atomic mass is 10.2. The summed E-state index contributed by atoms with van der Waals surface area (Å²) in [6, 6.07) is 5.27. The summed E-state index contributed by atoms with van der Waals surface area (Å²) in [5, 5.41) is 12.2. The summed E-state index contributed by atoms with van der Waals surface area (Å²) < 4.78 is 24.0. The average molecular weight is 478 g/mol. The number of hydrogen-bond donors (Lipinski definition) is 1. The summed E-state index contributed by atoms with van der Waals surface area (Å²) >= 11 is 1.39. The first-order valence-corrected chi connectivity index (χ1v) is 12.0. The standard InChI is InChI=1S/C22H31N5O5S/c1-15(20(28)23-16-11-18(29-2)13-19(12-16)30-3)33-22-25-24-21(26-6-9-31-10-7-26)27(22)14-17-5-4-8-32-17/h11-13,15,17H,4-10,14H2,1-3H3,(H,23,28). The highest BCUT2D eigenvalue weighted by molar-refractivity contribution is 8.00. The third kappa shape index (κ3) is 5.90. The van der Waals surface area contributed by atoms with Gasteiger partial charge in [0.15, 0.2) is 5.16 Å². The van der Waals surface area contributed by atoms with Crippen molar-refractivity contribution in [3.05, 3.63) is 18.2 Å². The molecule has 11 heteroatoms. The predicted octanol–water partition coefficient (Wildman–Crippen LogP) is 2.43. The molecular weight excluding hydrogens is 446 g/mol. The maximum Gasteiger partial charge on any atom is 0.237 e. The molecule has 33 heavy (non-hydrogen) atoms. The molecule has 0 saturated carbocycles. The number of thioether (sulfide) groups is 1. The summed E-state index contributed by atoms with van der Waals surface area (Å²) in [5.74, 6) is 1.88. The lowest BCUT2D eigenvalue weighted by molar-refractivity contribution is -0.115. The Balaban J connectivity index is 1.48. The first-order valence-electron chi connectivity index (χ1n) is 11.2. The fourth-order valence-corrected chi connectivity index (χ4v) is 4.71. The molecule has 2 aliphatic rings. The Labute approximate surface area is 197 Å². The number of aromatic nitrogens is 3. The number of rotatable bonds is 9. The number of morpholine rings is 1. The van der Waals surface area contributed by atoms with Crippen molar-refractivity contribution in [1.82, 2.24) is 14.8 Å². The molecule has 2 atom stereocenters. The van der Waals surface area contributed by atoms with Crippen LogP contribution in [0.15, 0.2) is 23.4 Å². The number of benzene rings is 1. The van der Waals surface area contributed by atoms with Crippen LogP contribution in [0.25, 0.3) is 0 Å². The highest BCUT2D eigenvalue weighted by Gasteiger charge is 2.27. The second-order valence-electron chi connectivity index (χ2n) is 7.98. The van der Waals surface area contributed by atoms with E-state index in [0.717, 1.165) is 38.5 Å². The Hall–Kier alpha value is -2.50. The third-order valence-corrected chi connectivity index (χ3v) is 6.75. The van der Waals surface area contributed by atoms with E-state index in [2.05, 4.69) is 25.0 Å². The van der Waals surface area contributed by atoms with Gasteiger partial charge in [-0.1, -0.05) is 11.8 Å². The van der Waals surface area contributed by atoms with Crippen molar-refractivity contribution < 1.29 is 23.7 Å². The van der Waals surface area contributed by atoms with Gasteiger partial charge in [0.25, 0.3) is 0 Å². The van der Waals surface area contributed by atoms with Gasteiger partial charge in [0.2, 0.25) is 11.9 Å². The Morgan fingerprint density at radius 2 is 1.91 bits per heavy atom. The average Bonchev–Trinajstić information content (AvgIpc) is 3.50. The van der Waals surface area contributed by atoms with Crippen LogP contribution in [0.4, 0.5) is 11.6 Å². The molecule has 2 unspecified atom stereocenters. The van der Waals surface area contributed by atoms with Crippen molar-refractivity contribution in [1.29, 1.82) is 0 Å². The maximum absolute atomic E-state index is 13.0. The van der Waals surface area contributed by atoms with Gasteiger partial charge in [-0.3, -0.25) is 9.36 Å². The van der Waals surface area contributed by atoms with Crippen LogP contribution in [0.5, 0.6) is 11.5 Å². The van der Waals surface area contributed by atoms with E-state index in [4.69, 9.17) is 18.9 Å². The van der Waals surface area contributed by atoms with Gasteiger partial charge in [0, 0.05) is 43.6 Å². The lowest BCUT2D eigenvalue weighted by Gasteiger charge is -2.28. The topological polar surface area (TPSA) is 100.0 Å². The molecule has 2 saturated heterocycles. The number of ether oxygens (including phenoxy) is 4. The summed E-state index contributed by atoms with van der Waals surface area (Å²) in [6.45, 7) is 6.17. The molecule has 0 spiro atoms. The molecule has 180 valence electrons. The molecule has 10 nitrogen and oxygen atoms in total. The van der Waals surface area contributed by atoms with Gasteiger partial charge in [-0.05, 0) is 19.8 Å². The summed E-state index contributed by atoms with van der Waals surface area (Å²) in [7, 11) is 3.15. The summed E-state index contributed by atoms with van der Waals surface area (Å²) in [4.78, 5) is 15.1. The van der Waals surface area contributed by atoms with Crippen LogP contribution in [0.3, 0.4) is 0 Å². The minimum atomic E-state index is -0.396. The number of nitrogens with one attached hydrogen (secondary N) is 1. The van der Waals surface area contributed by atoms with E-state index in [1.165, 1.54) is 11.8 Å². The number of carbonyl (C=O) groups is 1. The normalized spacial score (nSPS) is 19.4. The molecule has 3 heterocycles. The van der Waals surface area contributed by atoms with Crippen molar-refractivity contribution in [3.63, 3.8) is 0 Å². The Kier molecular flexibility index (Phi) is 7.94. The number of methoxy groups -OCH3 is 2. The summed E-state index contributed by atoms with van der Waals surface area (Å²) in [6.07, 6.45) is 2.21. The van der Waals surface area contributed by atoms with E-state index in [1.807, 2.05) is 6.92 Å². The van der Waals surface area contributed by atoms with Crippen LogP contribution < -0.4 is 19.7 Å². The molecule has 0 radical (unpaired) electrons. The smallest absolute Gasteiger partial charge is 0.237 e. The van der Waals surface area contributed by atoms with E-state index in [0.29, 0.717) is 42.1 Å². The fraction of sp³-hybridized carbons (Fsp3) is 0.591. The quantitative estimate of drug-likeness (QED) is 0.546. The first-order chi connectivity index (χ1) is 16.1. The molecule has 1 aromatic heterocycles. The van der Waals surface area contributed by atoms with Gasteiger partial charge in [-0.25, -0.2) is 0 Å². The first kappa shape index (κ1) is 23.7. The van der Waals surface area contributed by atoms with Crippen molar-refractivity contribution in [2.75, 3.05) is 57.3 Å². The zero-order chi connectivity index (χ0) is 23.2. The van der Waals surface area contributed by atoms with E-state index in [1.54, 1.807) is 32.4 Å². The zero-order valence-corrected chi connectivity index (χ0v) is 20.1. The van der Waals surface area contributed by atoms with Crippen LogP contribution in [-0.4, -0.2) is 79.2 Å². The van der Waals surface area contributed by atoms with Crippen molar-refractivity contribution in [2.24, 2.45) is 0 Å². The van der Waals surface area contributed by atoms with Gasteiger partial charge in [-0.2, -0.15) is 0 Å². The second-order valence-corrected chi connectivity index (χ2v) is 9.29. The second kappa shape index (κ2) is 11.1. The number of amides is 1. The predicted molar refractivity (Wildman–Crippen MR) is 126 cm³/mol. The van der Waals surface area contributed by atoms with Gasteiger partial charge < -0.3 is 29.2 Å². The van der Waals surface area contributed by atoms with Crippen LogP contribution in [0, 0.1) is 0 Å². The molecule has 1 aromatic carbocycles. The van der Waals surface area contributed by atoms with Gasteiger partial charge >= 0.3 is 0 Å². The van der Waals surface area contributed by atoms with Crippen molar-refractivity contribution in [2.45, 2.75) is 42.8 Å². The van der Waals surface area contributed by atoms with Crippen LogP contribution in [-0.2, 0) is 20.8 Å². The highest BCUT2D eigenvalue weighted by Crippen LogP contribution is 2.30. The molecule has 0 bridgehead atoms. The van der Waals surface area contributed by atoms with Crippen molar-refractivity contribution >= 4 is 29.3 Å². The minimum Gasteiger partial charge on any atom is -0.497 e. The fourth-order valence-electron chi connectivity index (χ4n) is 3.85. The molecule has 2 aromatic rings. The number of nitrogens with zero attached hydrogens (tertiary/aromatic N) is 4. The number of carbonyl (C=O) groups excluding carboxylic acids is 1. The highest BCUT2D eigenvalue weighted by atomic mass is 32.2. The summed E-state index contributed by atoms with van der Waals surface area (Å²) in [5.41, 5.74) is 0.610.